The van der Waals surface area contributed by atoms with Crippen molar-refractivity contribution in [2.24, 2.45) is 5.41 Å². The van der Waals surface area contributed by atoms with Gasteiger partial charge in [-0.25, -0.2) is 4.98 Å². The number of likely N-dealkylation sites (tertiary alicyclic amines) is 1. The lowest BCUT2D eigenvalue weighted by Gasteiger charge is -2.41. The molecule has 2 saturated heterocycles. The Bertz CT molecular complexity index is 929. The molecule has 7 nitrogen and oxygen atoms in total. The molecule has 1 spiro atoms. The first kappa shape index (κ1) is 20.5. The first-order valence-corrected chi connectivity index (χ1v) is 11.6. The predicted molar refractivity (Wildman–Crippen MR) is 118 cm³/mol. The number of piperidine rings is 1. The Morgan fingerprint density at radius 3 is 2.61 bits per heavy atom. The number of aliphatic hydroxyl groups is 1. The quantitative estimate of drug-likeness (QED) is 0.812. The van der Waals surface area contributed by atoms with Crippen LogP contribution in [0.15, 0.2) is 22.9 Å². The summed E-state index contributed by atoms with van der Waals surface area (Å²) in [6.07, 6.45) is 8.09. The molecule has 2 aromatic rings. The fraction of sp³-hybridized carbons (Fsp3) is 0.625. The lowest BCUT2D eigenvalue weighted by molar-refractivity contribution is -0.139. The Labute approximate surface area is 183 Å². The lowest BCUT2D eigenvalue weighted by Crippen LogP contribution is -2.50. The minimum atomic E-state index is -0.281. The van der Waals surface area contributed by atoms with E-state index < -0.39 is 0 Å². The van der Waals surface area contributed by atoms with Gasteiger partial charge in [-0.3, -0.25) is 4.79 Å². The van der Waals surface area contributed by atoms with Crippen LogP contribution in [0.3, 0.4) is 0 Å². The summed E-state index contributed by atoms with van der Waals surface area (Å²) < 4.78 is 5.29. The van der Waals surface area contributed by atoms with Crippen LogP contribution in [0.1, 0.15) is 56.4 Å². The first-order valence-electron chi connectivity index (χ1n) is 11.6. The van der Waals surface area contributed by atoms with Crippen LogP contribution in [0.25, 0.3) is 11.1 Å². The molecule has 2 aliphatic heterocycles. The van der Waals surface area contributed by atoms with Crippen molar-refractivity contribution in [3.05, 3.63) is 29.8 Å². The van der Waals surface area contributed by atoms with E-state index in [1.165, 1.54) is 0 Å². The number of carbonyl (C=O) groups excluding carboxylic acids is 1. The Morgan fingerprint density at radius 2 is 1.94 bits per heavy atom. The number of rotatable bonds is 3. The molecule has 1 aliphatic carbocycles. The van der Waals surface area contributed by atoms with Crippen LogP contribution in [0.4, 0.5) is 5.82 Å². The summed E-state index contributed by atoms with van der Waals surface area (Å²) >= 11 is 0. The van der Waals surface area contributed by atoms with Gasteiger partial charge >= 0.3 is 0 Å². The second kappa shape index (κ2) is 7.93. The molecule has 2 aromatic heterocycles. The number of amides is 1. The number of aryl methyl sites for hydroxylation is 2. The summed E-state index contributed by atoms with van der Waals surface area (Å²) in [5.41, 5.74) is 2.61. The Balaban J connectivity index is 1.31. The summed E-state index contributed by atoms with van der Waals surface area (Å²) in [4.78, 5) is 22.7. The second-order valence-electron chi connectivity index (χ2n) is 9.62. The van der Waals surface area contributed by atoms with Crippen molar-refractivity contribution in [3.63, 3.8) is 0 Å². The summed E-state index contributed by atoms with van der Waals surface area (Å²) in [5.74, 6) is 2.06. The molecule has 3 fully saturated rings. The molecular weight excluding hydrogens is 392 g/mol. The molecule has 5 rings (SSSR count). The molecule has 0 radical (unpaired) electrons. The summed E-state index contributed by atoms with van der Waals surface area (Å²) in [7, 11) is 0. The van der Waals surface area contributed by atoms with Crippen LogP contribution in [0.2, 0.25) is 0 Å². The number of aliphatic hydroxyl groups excluding tert-OH is 1. The van der Waals surface area contributed by atoms with E-state index in [4.69, 9.17) is 9.51 Å². The molecule has 1 atom stereocenters. The maximum atomic E-state index is 13.5. The highest BCUT2D eigenvalue weighted by Crippen LogP contribution is 2.43. The van der Waals surface area contributed by atoms with Crippen LogP contribution in [0.5, 0.6) is 0 Å². The second-order valence-corrected chi connectivity index (χ2v) is 9.62. The number of anilines is 1. The topological polar surface area (TPSA) is 82.7 Å². The van der Waals surface area contributed by atoms with Crippen LogP contribution in [0, 0.1) is 19.3 Å². The molecule has 0 unspecified atom stereocenters. The van der Waals surface area contributed by atoms with Crippen molar-refractivity contribution in [2.75, 3.05) is 24.5 Å². The number of pyridine rings is 1. The van der Waals surface area contributed by atoms with E-state index in [1.54, 1.807) is 0 Å². The van der Waals surface area contributed by atoms with Gasteiger partial charge in [-0.15, -0.1) is 0 Å². The van der Waals surface area contributed by atoms with E-state index >= 15 is 0 Å². The lowest BCUT2D eigenvalue weighted by atomic mass is 9.78. The largest absolute Gasteiger partial charge is 0.393 e. The Kier molecular flexibility index (Phi) is 5.24. The van der Waals surface area contributed by atoms with Gasteiger partial charge in [0.05, 0.1) is 17.2 Å². The fourth-order valence-electron chi connectivity index (χ4n) is 5.89. The van der Waals surface area contributed by atoms with Gasteiger partial charge in [0.25, 0.3) is 0 Å². The van der Waals surface area contributed by atoms with E-state index in [2.05, 4.69) is 27.1 Å². The van der Waals surface area contributed by atoms with Gasteiger partial charge in [0, 0.05) is 43.0 Å². The van der Waals surface area contributed by atoms with Crippen LogP contribution >= 0.6 is 0 Å². The van der Waals surface area contributed by atoms with E-state index in [1.807, 2.05) is 20.0 Å². The highest BCUT2D eigenvalue weighted by atomic mass is 16.5. The van der Waals surface area contributed by atoms with Gasteiger partial charge in [-0.1, -0.05) is 5.16 Å². The van der Waals surface area contributed by atoms with Crippen molar-refractivity contribution >= 4 is 11.7 Å². The third-order valence-corrected chi connectivity index (χ3v) is 7.62. The summed E-state index contributed by atoms with van der Waals surface area (Å²) in [6, 6.07) is 4.43. The predicted octanol–water partition coefficient (Wildman–Crippen LogP) is 3.48. The van der Waals surface area contributed by atoms with Gasteiger partial charge in [0.15, 0.2) is 0 Å². The molecule has 0 bridgehead atoms. The third kappa shape index (κ3) is 3.63. The average Bonchev–Trinajstić information content (AvgIpc) is 3.28. The van der Waals surface area contributed by atoms with Crippen LogP contribution in [-0.2, 0) is 4.79 Å². The molecule has 1 N–H and O–H groups in total. The van der Waals surface area contributed by atoms with E-state index in [9.17, 15) is 9.90 Å². The van der Waals surface area contributed by atoms with E-state index in [-0.39, 0.29) is 11.5 Å². The highest BCUT2D eigenvalue weighted by molar-refractivity contribution is 5.86. The number of aromatic nitrogens is 2. The van der Waals surface area contributed by atoms with Crippen LogP contribution in [-0.4, -0.2) is 57.8 Å². The van der Waals surface area contributed by atoms with Gasteiger partial charge in [-0.05, 0) is 70.9 Å². The zero-order valence-electron chi connectivity index (χ0n) is 18.5. The van der Waals surface area contributed by atoms with Gasteiger partial charge in [-0.2, -0.15) is 0 Å². The van der Waals surface area contributed by atoms with Crippen molar-refractivity contribution in [3.8, 4) is 11.1 Å². The van der Waals surface area contributed by atoms with Gasteiger partial charge in [0.2, 0.25) is 5.91 Å². The molecular formula is C24H32N4O3. The first-order chi connectivity index (χ1) is 15.0. The molecule has 7 heteroatoms. The number of nitrogens with zero attached hydrogens (tertiary/aromatic N) is 4. The SMILES string of the molecule is Cc1noc(C)c1-c1ccc(N2CCC[C@]3(CCN([C@H]4CC[C@H](O)CC4)C3=O)C2)nc1. The zero-order chi connectivity index (χ0) is 21.6. The Morgan fingerprint density at radius 1 is 1.13 bits per heavy atom. The number of hydrogen-bond acceptors (Lipinski definition) is 6. The maximum absolute atomic E-state index is 13.5. The maximum Gasteiger partial charge on any atom is 0.230 e. The molecule has 0 aromatic carbocycles. The minimum absolute atomic E-state index is 0.187. The minimum Gasteiger partial charge on any atom is -0.393 e. The normalized spacial score (nSPS) is 29.2. The molecule has 166 valence electrons. The molecule has 1 saturated carbocycles. The zero-order valence-corrected chi connectivity index (χ0v) is 18.5. The third-order valence-electron chi connectivity index (χ3n) is 7.62. The summed E-state index contributed by atoms with van der Waals surface area (Å²) in [5, 5.41) is 13.9. The van der Waals surface area contributed by atoms with Crippen molar-refractivity contribution in [1.82, 2.24) is 15.0 Å². The van der Waals surface area contributed by atoms with Gasteiger partial charge in [0.1, 0.15) is 11.6 Å². The van der Waals surface area contributed by atoms with E-state index in [0.717, 1.165) is 93.0 Å². The fourth-order valence-corrected chi connectivity index (χ4v) is 5.89. The van der Waals surface area contributed by atoms with Crippen LogP contribution < -0.4 is 4.90 Å². The average molecular weight is 425 g/mol. The van der Waals surface area contributed by atoms with Crippen molar-refractivity contribution in [1.29, 1.82) is 0 Å². The van der Waals surface area contributed by atoms with Crippen molar-refractivity contribution in [2.45, 2.75) is 70.9 Å². The Hall–Kier alpha value is -2.41. The molecule has 4 heterocycles. The van der Waals surface area contributed by atoms with Crippen molar-refractivity contribution < 1.29 is 14.4 Å². The monoisotopic (exact) mass is 424 g/mol. The standard InChI is InChI=1S/C24H32N4O3/c1-16-22(17(2)31-26-16)18-4-9-21(25-14-18)27-12-3-10-24(15-27)11-13-28(23(24)30)19-5-7-20(29)8-6-19/h4,9,14,19-20,29H,3,5-8,10-13,15H2,1-2H3/t19-,20-,24-/m0/s1. The summed E-state index contributed by atoms with van der Waals surface area (Å²) in [6.45, 7) is 6.39. The highest BCUT2D eigenvalue weighted by Gasteiger charge is 2.50. The molecule has 31 heavy (non-hydrogen) atoms. The number of carbonyl (C=O) groups is 1. The van der Waals surface area contributed by atoms with Gasteiger partial charge < -0.3 is 19.4 Å². The molecule has 1 amide bonds. The molecule has 3 aliphatic rings. The smallest absolute Gasteiger partial charge is 0.230 e. The van der Waals surface area contributed by atoms with E-state index in [0.29, 0.717) is 11.9 Å². The number of hydrogen-bond donors (Lipinski definition) is 1.